The van der Waals surface area contributed by atoms with Crippen LogP contribution in [0, 0.1) is 5.82 Å². The number of hydrogen-bond donors (Lipinski definition) is 1. The highest BCUT2D eigenvalue weighted by Gasteiger charge is 2.50. The first-order valence-electron chi connectivity index (χ1n) is 8.90. The number of halogens is 1. The summed E-state index contributed by atoms with van der Waals surface area (Å²) in [5.74, 6) is -0.142. The van der Waals surface area contributed by atoms with Gasteiger partial charge in [-0.15, -0.1) is 0 Å². The van der Waals surface area contributed by atoms with E-state index in [1.54, 1.807) is 12.1 Å². The van der Waals surface area contributed by atoms with E-state index in [9.17, 15) is 9.18 Å². The highest BCUT2D eigenvalue weighted by molar-refractivity contribution is 5.91. The Labute approximate surface area is 138 Å². The standard InChI is InChI=1S/C19H27FN2O/c1-15-5-2-3-13-22(15)14-4-12-21-18(23)19(10-11-19)16-6-8-17(20)9-7-16/h6-9,15H,2-5,10-14H2,1H3,(H,21,23). The number of amides is 1. The fraction of sp³-hybridized carbons (Fsp3) is 0.632. The van der Waals surface area contributed by atoms with Crippen LogP contribution in [0.25, 0.3) is 0 Å². The Balaban J connectivity index is 1.45. The summed E-state index contributed by atoms with van der Waals surface area (Å²) in [5, 5.41) is 3.09. The molecule has 1 aliphatic carbocycles. The molecule has 2 aliphatic rings. The lowest BCUT2D eigenvalue weighted by atomic mass is 9.95. The minimum atomic E-state index is -0.397. The van der Waals surface area contributed by atoms with Crippen molar-refractivity contribution in [3.63, 3.8) is 0 Å². The van der Waals surface area contributed by atoms with Gasteiger partial charge in [-0.05, 0) is 63.3 Å². The van der Waals surface area contributed by atoms with Crippen molar-refractivity contribution in [3.05, 3.63) is 35.6 Å². The molecule has 0 aromatic heterocycles. The molecule has 23 heavy (non-hydrogen) atoms. The summed E-state index contributed by atoms with van der Waals surface area (Å²) >= 11 is 0. The largest absolute Gasteiger partial charge is 0.355 e. The number of nitrogens with zero attached hydrogens (tertiary/aromatic N) is 1. The van der Waals surface area contributed by atoms with Crippen LogP contribution in [0.5, 0.6) is 0 Å². The molecule has 3 rings (SSSR count). The monoisotopic (exact) mass is 318 g/mol. The molecule has 0 spiro atoms. The topological polar surface area (TPSA) is 32.3 Å². The second-order valence-corrected chi connectivity index (χ2v) is 7.08. The molecule has 1 aromatic rings. The molecule has 1 saturated carbocycles. The van der Waals surface area contributed by atoms with Gasteiger partial charge in [0, 0.05) is 19.1 Å². The first kappa shape index (κ1) is 16.4. The molecule has 1 amide bonds. The number of carbonyl (C=O) groups is 1. The molecule has 4 heteroatoms. The second-order valence-electron chi connectivity index (χ2n) is 7.08. The third-order valence-corrected chi connectivity index (χ3v) is 5.43. The molecule has 2 fully saturated rings. The molecule has 1 aromatic carbocycles. The van der Waals surface area contributed by atoms with Crippen LogP contribution >= 0.6 is 0 Å². The van der Waals surface area contributed by atoms with Crippen LogP contribution in [0.15, 0.2) is 24.3 Å². The summed E-state index contributed by atoms with van der Waals surface area (Å²) in [5.41, 5.74) is 0.549. The minimum absolute atomic E-state index is 0.107. The van der Waals surface area contributed by atoms with Crippen LogP contribution in [-0.2, 0) is 10.2 Å². The normalized spacial score (nSPS) is 23.5. The molecule has 1 N–H and O–H groups in total. The number of hydrogen-bond acceptors (Lipinski definition) is 2. The second kappa shape index (κ2) is 7.00. The summed E-state index contributed by atoms with van der Waals surface area (Å²) in [6.07, 6.45) is 6.66. The van der Waals surface area contributed by atoms with Gasteiger partial charge in [0.25, 0.3) is 0 Å². The molecule has 1 aliphatic heterocycles. The molecule has 1 atom stereocenters. The van der Waals surface area contributed by atoms with E-state index >= 15 is 0 Å². The number of rotatable bonds is 6. The zero-order chi connectivity index (χ0) is 16.3. The maximum absolute atomic E-state index is 13.0. The van der Waals surface area contributed by atoms with Crippen LogP contribution in [0.4, 0.5) is 4.39 Å². The SMILES string of the molecule is CC1CCCCN1CCCNC(=O)C1(c2ccc(F)cc2)CC1. The highest BCUT2D eigenvalue weighted by Crippen LogP contribution is 2.48. The van der Waals surface area contributed by atoms with Gasteiger partial charge in [-0.3, -0.25) is 4.79 Å². The van der Waals surface area contributed by atoms with Gasteiger partial charge in [0.2, 0.25) is 5.91 Å². The number of nitrogens with one attached hydrogen (secondary N) is 1. The van der Waals surface area contributed by atoms with Crippen LogP contribution < -0.4 is 5.32 Å². The molecule has 0 bridgehead atoms. The smallest absolute Gasteiger partial charge is 0.230 e. The van der Waals surface area contributed by atoms with Crippen molar-refractivity contribution in [3.8, 4) is 0 Å². The molecule has 1 unspecified atom stereocenters. The van der Waals surface area contributed by atoms with Crippen molar-refractivity contribution in [1.29, 1.82) is 0 Å². The van der Waals surface area contributed by atoms with Crippen molar-refractivity contribution in [1.82, 2.24) is 10.2 Å². The van der Waals surface area contributed by atoms with E-state index in [1.165, 1.54) is 37.9 Å². The number of benzene rings is 1. The van der Waals surface area contributed by atoms with Crippen molar-refractivity contribution < 1.29 is 9.18 Å². The van der Waals surface area contributed by atoms with Gasteiger partial charge in [-0.2, -0.15) is 0 Å². The van der Waals surface area contributed by atoms with Crippen LogP contribution in [0.1, 0.15) is 51.0 Å². The molecular weight excluding hydrogens is 291 g/mol. The fourth-order valence-corrected chi connectivity index (χ4v) is 3.68. The quantitative estimate of drug-likeness (QED) is 0.817. The van der Waals surface area contributed by atoms with Gasteiger partial charge in [0.05, 0.1) is 5.41 Å². The first-order chi connectivity index (χ1) is 11.1. The van der Waals surface area contributed by atoms with Gasteiger partial charge in [0.1, 0.15) is 5.82 Å². The Morgan fingerprint density at radius 3 is 2.70 bits per heavy atom. The molecule has 126 valence electrons. The van der Waals surface area contributed by atoms with Crippen molar-refractivity contribution in [2.24, 2.45) is 0 Å². The van der Waals surface area contributed by atoms with Crippen molar-refractivity contribution in [2.45, 2.75) is 56.9 Å². The van der Waals surface area contributed by atoms with Gasteiger partial charge < -0.3 is 10.2 Å². The molecule has 3 nitrogen and oxygen atoms in total. The lowest BCUT2D eigenvalue weighted by molar-refractivity contribution is -0.123. The Morgan fingerprint density at radius 2 is 2.04 bits per heavy atom. The first-order valence-corrected chi connectivity index (χ1v) is 8.90. The van der Waals surface area contributed by atoms with E-state index in [-0.39, 0.29) is 11.7 Å². The van der Waals surface area contributed by atoms with Crippen LogP contribution in [-0.4, -0.2) is 36.5 Å². The van der Waals surface area contributed by atoms with E-state index in [0.29, 0.717) is 6.04 Å². The Bertz CT molecular complexity index is 539. The van der Waals surface area contributed by atoms with E-state index in [4.69, 9.17) is 0 Å². The summed E-state index contributed by atoms with van der Waals surface area (Å²) in [7, 11) is 0. The van der Waals surface area contributed by atoms with Crippen LogP contribution in [0.2, 0.25) is 0 Å². The number of piperidine rings is 1. The highest BCUT2D eigenvalue weighted by atomic mass is 19.1. The third kappa shape index (κ3) is 3.74. The summed E-state index contributed by atoms with van der Waals surface area (Å²) in [6, 6.07) is 7.06. The summed E-state index contributed by atoms with van der Waals surface area (Å²) in [4.78, 5) is 15.0. The lowest BCUT2D eigenvalue weighted by Crippen LogP contribution is -2.40. The van der Waals surface area contributed by atoms with E-state index < -0.39 is 5.41 Å². The Kier molecular flexibility index (Phi) is 5.00. The Hall–Kier alpha value is -1.42. The molecule has 1 heterocycles. The lowest BCUT2D eigenvalue weighted by Gasteiger charge is -2.33. The predicted octanol–water partition coefficient (Wildman–Crippen LogP) is 3.24. The zero-order valence-electron chi connectivity index (χ0n) is 14.0. The maximum Gasteiger partial charge on any atom is 0.230 e. The zero-order valence-corrected chi connectivity index (χ0v) is 14.0. The van der Waals surface area contributed by atoms with E-state index in [1.807, 2.05) is 0 Å². The average molecular weight is 318 g/mol. The van der Waals surface area contributed by atoms with E-state index in [0.717, 1.165) is 37.9 Å². The predicted molar refractivity (Wildman–Crippen MR) is 89.8 cm³/mol. The van der Waals surface area contributed by atoms with Gasteiger partial charge in [-0.1, -0.05) is 18.6 Å². The molecule has 1 saturated heterocycles. The van der Waals surface area contributed by atoms with Crippen molar-refractivity contribution >= 4 is 5.91 Å². The fourth-order valence-electron chi connectivity index (χ4n) is 3.68. The van der Waals surface area contributed by atoms with Crippen molar-refractivity contribution in [2.75, 3.05) is 19.6 Å². The Morgan fingerprint density at radius 1 is 1.30 bits per heavy atom. The molecular formula is C19H27FN2O. The third-order valence-electron chi connectivity index (χ3n) is 5.43. The minimum Gasteiger partial charge on any atom is -0.355 e. The van der Waals surface area contributed by atoms with Gasteiger partial charge in [0.15, 0.2) is 0 Å². The van der Waals surface area contributed by atoms with Gasteiger partial charge in [-0.25, -0.2) is 4.39 Å². The van der Waals surface area contributed by atoms with E-state index in [2.05, 4.69) is 17.1 Å². The number of likely N-dealkylation sites (tertiary alicyclic amines) is 1. The number of carbonyl (C=O) groups excluding carboxylic acids is 1. The summed E-state index contributed by atoms with van der Waals surface area (Å²) < 4.78 is 13.0. The summed E-state index contributed by atoms with van der Waals surface area (Å²) in [6.45, 7) is 5.27. The average Bonchev–Trinajstić information content (AvgIpc) is 3.35. The van der Waals surface area contributed by atoms with Gasteiger partial charge >= 0.3 is 0 Å². The van der Waals surface area contributed by atoms with Crippen LogP contribution in [0.3, 0.4) is 0 Å². The maximum atomic E-state index is 13.0. The molecule has 0 radical (unpaired) electrons.